The van der Waals surface area contributed by atoms with E-state index in [0.717, 1.165) is 5.92 Å². The van der Waals surface area contributed by atoms with Crippen molar-refractivity contribution in [3.05, 3.63) is 22.4 Å². The molecule has 2 saturated carbocycles. The Hall–Kier alpha value is -0.420. The maximum atomic E-state index is 10.3. The summed E-state index contributed by atoms with van der Waals surface area (Å²) < 4.78 is 5.91. The molecule has 2 unspecified atom stereocenters. The number of ether oxygens (including phenoxy) is 1. The third-order valence-electron chi connectivity index (χ3n) is 5.37. The van der Waals surface area contributed by atoms with E-state index >= 15 is 0 Å². The summed E-state index contributed by atoms with van der Waals surface area (Å²) in [6, 6.07) is 4.76. The van der Waals surface area contributed by atoms with Gasteiger partial charge in [0, 0.05) is 17.5 Å². The molecule has 2 N–H and O–H groups in total. The van der Waals surface area contributed by atoms with Crippen molar-refractivity contribution in [2.75, 3.05) is 13.2 Å². The van der Waals surface area contributed by atoms with Gasteiger partial charge in [-0.25, -0.2) is 0 Å². The average Bonchev–Trinajstić information content (AvgIpc) is 3.28. The normalized spacial score (nSPS) is 23.2. The van der Waals surface area contributed by atoms with Crippen LogP contribution in [0.25, 0.3) is 0 Å². The van der Waals surface area contributed by atoms with Crippen molar-refractivity contribution in [2.45, 2.75) is 76.0 Å². The van der Waals surface area contributed by atoms with E-state index in [-0.39, 0.29) is 0 Å². The van der Waals surface area contributed by atoms with Crippen molar-refractivity contribution < 1.29 is 9.84 Å². The number of rotatable bonds is 8. The molecule has 0 aliphatic heterocycles. The Balaban J connectivity index is 1.44. The van der Waals surface area contributed by atoms with Crippen molar-refractivity contribution in [1.82, 2.24) is 5.32 Å². The second kappa shape index (κ2) is 9.16. The number of hydrogen-bond acceptors (Lipinski definition) is 4. The van der Waals surface area contributed by atoms with Crippen LogP contribution < -0.4 is 5.32 Å². The van der Waals surface area contributed by atoms with E-state index < -0.39 is 6.10 Å². The van der Waals surface area contributed by atoms with Gasteiger partial charge in [-0.3, -0.25) is 0 Å². The highest BCUT2D eigenvalue weighted by Crippen LogP contribution is 2.37. The minimum atomic E-state index is -0.402. The summed E-state index contributed by atoms with van der Waals surface area (Å²) in [4.78, 5) is 1.41. The van der Waals surface area contributed by atoms with Crippen LogP contribution >= 0.6 is 11.3 Å². The van der Waals surface area contributed by atoms with Gasteiger partial charge in [-0.15, -0.1) is 11.3 Å². The second-order valence-electron chi connectivity index (χ2n) is 7.19. The number of hydrogen-bond donors (Lipinski definition) is 2. The van der Waals surface area contributed by atoms with Crippen molar-refractivity contribution in [3.8, 4) is 0 Å². The molecule has 0 amide bonds. The van der Waals surface area contributed by atoms with E-state index in [0.29, 0.717) is 25.3 Å². The molecule has 0 bridgehead atoms. The van der Waals surface area contributed by atoms with Gasteiger partial charge in [-0.1, -0.05) is 38.2 Å². The first-order chi connectivity index (χ1) is 11.3. The summed E-state index contributed by atoms with van der Waals surface area (Å²) in [5, 5.41) is 16.1. The molecular weight excluding hydrogens is 306 g/mol. The molecule has 0 aromatic carbocycles. The third kappa shape index (κ3) is 5.28. The quantitative estimate of drug-likeness (QED) is 0.744. The Morgan fingerprint density at radius 3 is 2.57 bits per heavy atom. The van der Waals surface area contributed by atoms with Crippen LogP contribution in [0.1, 0.15) is 68.7 Å². The van der Waals surface area contributed by atoms with E-state index in [1.165, 1.54) is 62.7 Å². The van der Waals surface area contributed by atoms with E-state index in [9.17, 15) is 5.11 Å². The molecule has 130 valence electrons. The lowest BCUT2D eigenvalue weighted by Crippen LogP contribution is -2.36. The Morgan fingerprint density at radius 1 is 1.13 bits per heavy atom. The predicted molar refractivity (Wildman–Crippen MR) is 95.9 cm³/mol. The average molecular weight is 338 g/mol. The largest absolute Gasteiger partial charge is 0.389 e. The molecular formula is C19H31NO2S. The fourth-order valence-corrected chi connectivity index (χ4v) is 4.95. The first-order valence-corrected chi connectivity index (χ1v) is 10.3. The van der Waals surface area contributed by atoms with Crippen LogP contribution in [-0.2, 0) is 4.74 Å². The molecule has 2 aliphatic carbocycles. The lowest BCUT2D eigenvalue weighted by Gasteiger charge is -2.27. The van der Waals surface area contributed by atoms with Gasteiger partial charge >= 0.3 is 0 Å². The smallest absolute Gasteiger partial charge is 0.0898 e. The van der Waals surface area contributed by atoms with Gasteiger partial charge < -0.3 is 15.2 Å². The van der Waals surface area contributed by atoms with Gasteiger partial charge in [0.1, 0.15) is 0 Å². The Labute approximate surface area is 144 Å². The topological polar surface area (TPSA) is 41.5 Å². The number of nitrogens with one attached hydrogen (secondary N) is 1. The molecule has 2 atom stereocenters. The predicted octanol–water partition coefficient (Wildman–Crippen LogP) is 4.28. The van der Waals surface area contributed by atoms with Crippen LogP contribution in [-0.4, -0.2) is 30.5 Å². The molecule has 3 nitrogen and oxygen atoms in total. The highest BCUT2D eigenvalue weighted by atomic mass is 32.1. The van der Waals surface area contributed by atoms with Gasteiger partial charge in [0.2, 0.25) is 0 Å². The SMILES string of the molecule is OC(CNC(c1cccs1)C1CCCC1)COC1CCCCC1. The van der Waals surface area contributed by atoms with E-state index in [1.807, 2.05) is 11.3 Å². The Kier molecular flexibility index (Phi) is 6.94. The first kappa shape index (κ1) is 17.4. The molecule has 0 saturated heterocycles. The van der Waals surface area contributed by atoms with Crippen LogP contribution in [0.5, 0.6) is 0 Å². The van der Waals surface area contributed by atoms with Crippen LogP contribution in [0.3, 0.4) is 0 Å². The standard InChI is InChI=1S/C19H31NO2S/c21-16(14-22-17-9-2-1-3-10-17)13-20-19(15-7-4-5-8-15)18-11-6-12-23-18/h6,11-12,15-17,19-21H,1-5,7-10,13-14H2. The van der Waals surface area contributed by atoms with Crippen molar-refractivity contribution >= 4 is 11.3 Å². The summed E-state index contributed by atoms with van der Waals surface area (Å²) in [6.45, 7) is 1.10. The molecule has 2 aliphatic rings. The van der Waals surface area contributed by atoms with Gasteiger partial charge in [0.15, 0.2) is 0 Å². The summed E-state index contributed by atoms with van der Waals surface area (Å²) in [7, 11) is 0. The van der Waals surface area contributed by atoms with Gasteiger partial charge in [-0.2, -0.15) is 0 Å². The monoisotopic (exact) mass is 337 g/mol. The number of aliphatic hydroxyl groups is 1. The third-order valence-corrected chi connectivity index (χ3v) is 6.33. The molecule has 1 aromatic heterocycles. The van der Waals surface area contributed by atoms with Crippen LogP contribution in [0.4, 0.5) is 0 Å². The molecule has 2 fully saturated rings. The molecule has 23 heavy (non-hydrogen) atoms. The van der Waals surface area contributed by atoms with Gasteiger partial charge in [-0.05, 0) is 43.0 Å². The van der Waals surface area contributed by atoms with Crippen molar-refractivity contribution in [2.24, 2.45) is 5.92 Å². The molecule has 4 heteroatoms. The van der Waals surface area contributed by atoms with E-state index in [2.05, 4.69) is 22.8 Å². The van der Waals surface area contributed by atoms with Gasteiger partial charge in [0.25, 0.3) is 0 Å². The zero-order valence-electron chi connectivity index (χ0n) is 14.1. The Morgan fingerprint density at radius 2 is 1.87 bits per heavy atom. The first-order valence-electron chi connectivity index (χ1n) is 9.39. The summed E-state index contributed by atoms with van der Waals surface area (Å²) >= 11 is 1.83. The number of thiophene rings is 1. The fourth-order valence-electron chi connectivity index (χ4n) is 4.06. The zero-order valence-corrected chi connectivity index (χ0v) is 14.9. The zero-order chi connectivity index (χ0) is 15.9. The van der Waals surface area contributed by atoms with Crippen LogP contribution in [0, 0.1) is 5.92 Å². The summed E-state index contributed by atoms with van der Waals surface area (Å²) in [5.74, 6) is 0.722. The second-order valence-corrected chi connectivity index (χ2v) is 8.17. The molecule has 1 heterocycles. The summed E-state index contributed by atoms with van der Waals surface area (Å²) in [6.07, 6.45) is 11.5. The molecule has 0 radical (unpaired) electrons. The minimum absolute atomic E-state index is 0.376. The Bertz CT molecular complexity index is 425. The summed E-state index contributed by atoms with van der Waals surface area (Å²) in [5.41, 5.74) is 0. The maximum Gasteiger partial charge on any atom is 0.0898 e. The fraction of sp³-hybridized carbons (Fsp3) is 0.789. The molecule has 0 spiro atoms. The van der Waals surface area contributed by atoms with Crippen molar-refractivity contribution in [3.63, 3.8) is 0 Å². The minimum Gasteiger partial charge on any atom is -0.389 e. The highest BCUT2D eigenvalue weighted by molar-refractivity contribution is 7.10. The highest BCUT2D eigenvalue weighted by Gasteiger charge is 2.27. The maximum absolute atomic E-state index is 10.3. The molecule has 1 aromatic rings. The lowest BCUT2D eigenvalue weighted by molar-refractivity contribution is -0.0240. The lowest BCUT2D eigenvalue weighted by atomic mass is 9.96. The van der Waals surface area contributed by atoms with Crippen LogP contribution in [0.15, 0.2) is 17.5 Å². The van der Waals surface area contributed by atoms with E-state index in [1.54, 1.807) is 0 Å². The van der Waals surface area contributed by atoms with Crippen LogP contribution in [0.2, 0.25) is 0 Å². The van der Waals surface area contributed by atoms with Gasteiger partial charge in [0.05, 0.1) is 18.8 Å². The number of aliphatic hydroxyl groups excluding tert-OH is 1. The molecule has 3 rings (SSSR count). The van der Waals surface area contributed by atoms with Crippen molar-refractivity contribution in [1.29, 1.82) is 0 Å². The van der Waals surface area contributed by atoms with E-state index in [4.69, 9.17) is 4.74 Å².